The molecule has 0 atom stereocenters. The molecule has 2 N–H and O–H groups in total. The molecule has 0 bridgehead atoms. The van der Waals surface area contributed by atoms with E-state index < -0.39 is 0 Å². The Labute approximate surface area is 135 Å². The molecule has 1 rings (SSSR count). The number of benzene rings is 1. The average Bonchev–Trinajstić information content (AvgIpc) is 2.40. The first-order valence-corrected chi connectivity index (χ1v) is 7.22. The van der Waals surface area contributed by atoms with Crippen molar-refractivity contribution in [1.82, 2.24) is 4.90 Å². The van der Waals surface area contributed by atoms with Crippen LogP contribution in [-0.2, 0) is 0 Å². The van der Waals surface area contributed by atoms with Gasteiger partial charge in [-0.1, -0.05) is 26.0 Å². The van der Waals surface area contributed by atoms with E-state index >= 15 is 0 Å². The molecular weight excluding hydrogens is 288 g/mol. The van der Waals surface area contributed by atoms with Crippen LogP contribution in [0.3, 0.4) is 0 Å². The molecule has 0 heterocycles. The number of nitrogens with two attached hydrogens (primary N) is 1. The lowest BCUT2D eigenvalue weighted by Crippen LogP contribution is -2.38. The predicted octanol–water partition coefficient (Wildman–Crippen LogP) is 2.80. The Morgan fingerprint density at radius 1 is 1.14 bits per heavy atom. The van der Waals surface area contributed by atoms with Crippen molar-refractivity contribution in [2.45, 2.75) is 20.8 Å². The fourth-order valence-electron chi connectivity index (χ4n) is 2.03. The fourth-order valence-corrected chi connectivity index (χ4v) is 2.03. The number of halogens is 1. The van der Waals surface area contributed by atoms with Crippen LogP contribution in [0, 0.1) is 5.41 Å². The van der Waals surface area contributed by atoms with Crippen molar-refractivity contribution >= 4 is 12.4 Å². The van der Waals surface area contributed by atoms with Crippen molar-refractivity contribution in [2.24, 2.45) is 11.1 Å². The summed E-state index contributed by atoms with van der Waals surface area (Å²) in [6.07, 6.45) is 0. The molecule has 1 aromatic rings. The van der Waals surface area contributed by atoms with Crippen LogP contribution in [0.15, 0.2) is 24.3 Å². The summed E-state index contributed by atoms with van der Waals surface area (Å²) in [5, 5.41) is 0. The van der Waals surface area contributed by atoms with Gasteiger partial charge >= 0.3 is 0 Å². The summed E-state index contributed by atoms with van der Waals surface area (Å²) in [6, 6.07) is 7.78. The molecule has 0 amide bonds. The number of hydrogen-bond acceptors (Lipinski definition) is 4. The maximum Gasteiger partial charge on any atom is 0.161 e. The summed E-state index contributed by atoms with van der Waals surface area (Å²) >= 11 is 0. The highest BCUT2D eigenvalue weighted by Crippen LogP contribution is 2.26. The van der Waals surface area contributed by atoms with E-state index in [-0.39, 0.29) is 17.8 Å². The first-order chi connectivity index (χ1) is 9.48. The summed E-state index contributed by atoms with van der Waals surface area (Å²) in [5.41, 5.74) is 5.89. The van der Waals surface area contributed by atoms with Crippen molar-refractivity contribution in [2.75, 3.05) is 39.9 Å². The Morgan fingerprint density at radius 2 is 1.71 bits per heavy atom. The van der Waals surface area contributed by atoms with Crippen molar-refractivity contribution < 1.29 is 9.47 Å². The van der Waals surface area contributed by atoms with Gasteiger partial charge in [0.2, 0.25) is 0 Å². The minimum atomic E-state index is 0. The van der Waals surface area contributed by atoms with E-state index in [4.69, 9.17) is 15.2 Å². The highest BCUT2D eigenvalue weighted by atomic mass is 35.5. The first kappa shape index (κ1) is 20.0. The van der Waals surface area contributed by atoms with Gasteiger partial charge in [-0.05, 0) is 38.1 Å². The standard InChI is InChI=1S/C16H28N2O2.ClH/c1-5-19-14-8-6-7-9-15(14)20-11-10-18(4)13-16(2,3)12-17;/h6-9H,5,10-13,17H2,1-4H3;1H. The molecule has 0 spiro atoms. The summed E-state index contributed by atoms with van der Waals surface area (Å²) in [5.74, 6) is 1.61. The van der Waals surface area contributed by atoms with Gasteiger partial charge in [0, 0.05) is 13.1 Å². The number of hydrogen-bond donors (Lipinski definition) is 1. The van der Waals surface area contributed by atoms with Gasteiger partial charge in [-0.2, -0.15) is 0 Å². The van der Waals surface area contributed by atoms with Gasteiger partial charge in [0.25, 0.3) is 0 Å². The van der Waals surface area contributed by atoms with Crippen molar-refractivity contribution in [3.63, 3.8) is 0 Å². The minimum Gasteiger partial charge on any atom is -0.490 e. The predicted molar refractivity (Wildman–Crippen MR) is 90.7 cm³/mol. The van der Waals surface area contributed by atoms with Gasteiger partial charge in [0.1, 0.15) is 6.61 Å². The van der Waals surface area contributed by atoms with Gasteiger partial charge in [-0.15, -0.1) is 12.4 Å². The lowest BCUT2D eigenvalue weighted by molar-refractivity contribution is 0.178. The Bertz CT molecular complexity index is 400. The molecular formula is C16H29ClN2O2. The summed E-state index contributed by atoms with van der Waals surface area (Å²) in [6.45, 7) is 10.1. The quantitative estimate of drug-likeness (QED) is 0.761. The molecule has 0 aromatic heterocycles. The Kier molecular flexibility index (Phi) is 9.42. The van der Waals surface area contributed by atoms with E-state index in [1.807, 2.05) is 31.2 Å². The van der Waals surface area contributed by atoms with Crippen molar-refractivity contribution in [3.8, 4) is 11.5 Å². The third-order valence-electron chi connectivity index (χ3n) is 3.13. The number of rotatable bonds is 9. The van der Waals surface area contributed by atoms with Gasteiger partial charge in [0.05, 0.1) is 6.61 Å². The number of ether oxygens (including phenoxy) is 2. The lowest BCUT2D eigenvalue weighted by Gasteiger charge is -2.28. The van der Waals surface area contributed by atoms with E-state index in [1.54, 1.807) is 0 Å². The van der Waals surface area contributed by atoms with Crippen LogP contribution in [-0.4, -0.2) is 44.8 Å². The molecule has 0 aliphatic heterocycles. The molecule has 0 radical (unpaired) electrons. The summed E-state index contributed by atoms with van der Waals surface area (Å²) in [4.78, 5) is 2.25. The molecule has 0 aliphatic carbocycles. The van der Waals surface area contributed by atoms with Gasteiger partial charge < -0.3 is 20.1 Å². The SMILES string of the molecule is CCOc1ccccc1OCCN(C)CC(C)(C)CN.Cl. The van der Waals surface area contributed by atoms with Crippen LogP contribution in [0.25, 0.3) is 0 Å². The summed E-state index contributed by atoms with van der Waals surface area (Å²) in [7, 11) is 2.09. The second-order valence-electron chi connectivity index (χ2n) is 5.83. The Morgan fingerprint density at radius 3 is 2.24 bits per heavy atom. The minimum absolute atomic E-state index is 0. The zero-order chi connectivity index (χ0) is 15.0. The topological polar surface area (TPSA) is 47.7 Å². The van der Waals surface area contributed by atoms with E-state index in [2.05, 4.69) is 25.8 Å². The first-order valence-electron chi connectivity index (χ1n) is 7.22. The number of likely N-dealkylation sites (N-methyl/N-ethyl adjacent to an activating group) is 1. The smallest absolute Gasteiger partial charge is 0.161 e. The van der Waals surface area contributed by atoms with Crippen LogP contribution in [0.5, 0.6) is 11.5 Å². The lowest BCUT2D eigenvalue weighted by atomic mass is 9.93. The number of nitrogens with zero attached hydrogens (tertiary/aromatic N) is 1. The zero-order valence-electron chi connectivity index (χ0n) is 13.6. The van der Waals surface area contributed by atoms with E-state index in [0.717, 1.165) is 24.6 Å². The van der Waals surface area contributed by atoms with Gasteiger partial charge in [-0.25, -0.2) is 0 Å². The fraction of sp³-hybridized carbons (Fsp3) is 0.625. The third-order valence-corrected chi connectivity index (χ3v) is 3.13. The average molecular weight is 317 g/mol. The molecule has 0 saturated heterocycles. The van der Waals surface area contributed by atoms with Gasteiger partial charge in [-0.3, -0.25) is 0 Å². The second-order valence-corrected chi connectivity index (χ2v) is 5.83. The molecule has 0 unspecified atom stereocenters. The van der Waals surface area contributed by atoms with Crippen LogP contribution >= 0.6 is 12.4 Å². The normalized spacial score (nSPS) is 11.1. The molecule has 0 saturated carbocycles. The highest BCUT2D eigenvalue weighted by Gasteiger charge is 2.17. The van der Waals surface area contributed by atoms with E-state index in [0.29, 0.717) is 19.8 Å². The molecule has 21 heavy (non-hydrogen) atoms. The van der Waals surface area contributed by atoms with Crippen molar-refractivity contribution in [1.29, 1.82) is 0 Å². The monoisotopic (exact) mass is 316 g/mol. The molecule has 0 fully saturated rings. The summed E-state index contributed by atoms with van der Waals surface area (Å²) < 4.78 is 11.3. The second kappa shape index (κ2) is 9.87. The van der Waals surface area contributed by atoms with Crippen molar-refractivity contribution in [3.05, 3.63) is 24.3 Å². The molecule has 0 aliphatic rings. The molecule has 122 valence electrons. The van der Waals surface area contributed by atoms with Crippen LogP contribution in [0.2, 0.25) is 0 Å². The Hall–Kier alpha value is -0.970. The van der Waals surface area contributed by atoms with Crippen LogP contribution < -0.4 is 15.2 Å². The maximum atomic E-state index is 5.81. The van der Waals surface area contributed by atoms with Crippen LogP contribution in [0.1, 0.15) is 20.8 Å². The molecule has 5 heteroatoms. The van der Waals surface area contributed by atoms with Gasteiger partial charge in [0.15, 0.2) is 11.5 Å². The number of para-hydroxylation sites is 2. The highest BCUT2D eigenvalue weighted by molar-refractivity contribution is 5.85. The van der Waals surface area contributed by atoms with Crippen LogP contribution in [0.4, 0.5) is 0 Å². The largest absolute Gasteiger partial charge is 0.490 e. The Balaban J connectivity index is 0.00000400. The van der Waals surface area contributed by atoms with E-state index in [9.17, 15) is 0 Å². The third kappa shape index (κ3) is 7.55. The maximum absolute atomic E-state index is 5.81. The van der Waals surface area contributed by atoms with E-state index in [1.165, 1.54) is 0 Å². The zero-order valence-corrected chi connectivity index (χ0v) is 14.4. The molecule has 1 aromatic carbocycles. The molecule has 4 nitrogen and oxygen atoms in total.